The first-order valence-electron chi connectivity index (χ1n) is 6.34. The highest BCUT2D eigenvalue weighted by molar-refractivity contribution is 9.11. The fourth-order valence-corrected chi connectivity index (χ4v) is 3.18. The first-order valence-corrected chi connectivity index (χ1v) is 7.95. The number of rotatable bonds is 4. The Morgan fingerprint density at radius 1 is 1.24 bits per heavy atom. The van der Waals surface area contributed by atoms with Crippen molar-refractivity contribution in [2.24, 2.45) is 0 Å². The maximum absolute atomic E-state index is 12.0. The third-order valence-electron chi connectivity index (χ3n) is 2.91. The smallest absolute Gasteiger partial charge is 0.265 e. The van der Waals surface area contributed by atoms with Crippen molar-refractivity contribution in [3.05, 3.63) is 69.1 Å². The van der Waals surface area contributed by atoms with Gasteiger partial charge in [0.05, 0.1) is 15.2 Å². The fourth-order valence-electron chi connectivity index (χ4n) is 1.90. The average molecular weight is 362 g/mol. The molecule has 0 fully saturated rings. The highest BCUT2D eigenvalue weighted by Gasteiger charge is 2.08. The SMILES string of the molecule is O=C(Nc1ccc(Cn2cccn2)cc1)c1ccc(Br)s1. The largest absolute Gasteiger partial charge is 0.321 e. The van der Waals surface area contributed by atoms with E-state index in [9.17, 15) is 4.79 Å². The predicted molar refractivity (Wildman–Crippen MR) is 87.7 cm³/mol. The summed E-state index contributed by atoms with van der Waals surface area (Å²) in [6.07, 6.45) is 3.68. The van der Waals surface area contributed by atoms with E-state index in [4.69, 9.17) is 0 Å². The molecule has 0 unspecified atom stereocenters. The van der Waals surface area contributed by atoms with Crippen LogP contribution in [0.5, 0.6) is 0 Å². The monoisotopic (exact) mass is 361 g/mol. The van der Waals surface area contributed by atoms with Gasteiger partial charge in [0.25, 0.3) is 5.91 Å². The van der Waals surface area contributed by atoms with Crippen molar-refractivity contribution in [2.45, 2.75) is 6.54 Å². The molecular weight excluding hydrogens is 350 g/mol. The molecule has 0 aliphatic carbocycles. The van der Waals surface area contributed by atoms with Crippen LogP contribution < -0.4 is 5.32 Å². The van der Waals surface area contributed by atoms with Gasteiger partial charge in [0.15, 0.2) is 0 Å². The van der Waals surface area contributed by atoms with Crippen molar-refractivity contribution in [1.82, 2.24) is 9.78 Å². The molecule has 3 aromatic rings. The Morgan fingerprint density at radius 2 is 2.05 bits per heavy atom. The van der Waals surface area contributed by atoms with Gasteiger partial charge in [0.1, 0.15) is 0 Å². The first kappa shape index (κ1) is 14.0. The van der Waals surface area contributed by atoms with Gasteiger partial charge in [-0.3, -0.25) is 9.48 Å². The van der Waals surface area contributed by atoms with Gasteiger partial charge in [0.2, 0.25) is 0 Å². The summed E-state index contributed by atoms with van der Waals surface area (Å²) in [6.45, 7) is 0.721. The van der Waals surface area contributed by atoms with Gasteiger partial charge < -0.3 is 5.32 Å². The summed E-state index contributed by atoms with van der Waals surface area (Å²) < 4.78 is 2.80. The number of hydrogen-bond donors (Lipinski definition) is 1. The summed E-state index contributed by atoms with van der Waals surface area (Å²) >= 11 is 4.77. The second-order valence-electron chi connectivity index (χ2n) is 4.46. The Kier molecular flexibility index (Phi) is 4.17. The van der Waals surface area contributed by atoms with Gasteiger partial charge in [-0.05, 0) is 51.8 Å². The Labute approximate surface area is 134 Å². The lowest BCUT2D eigenvalue weighted by atomic mass is 10.2. The van der Waals surface area contributed by atoms with Crippen LogP contribution in [-0.4, -0.2) is 15.7 Å². The van der Waals surface area contributed by atoms with Crippen molar-refractivity contribution in [2.75, 3.05) is 5.32 Å². The Hall–Kier alpha value is -1.92. The lowest BCUT2D eigenvalue weighted by Gasteiger charge is -2.06. The molecule has 0 atom stereocenters. The molecule has 1 aromatic carbocycles. The average Bonchev–Trinajstić information content (AvgIpc) is 3.12. The van der Waals surface area contributed by atoms with E-state index in [0.717, 1.165) is 21.6 Å². The third-order valence-corrected chi connectivity index (χ3v) is 4.53. The lowest BCUT2D eigenvalue weighted by Crippen LogP contribution is -2.10. The van der Waals surface area contributed by atoms with E-state index in [0.29, 0.717) is 4.88 Å². The van der Waals surface area contributed by atoms with Crippen molar-refractivity contribution in [1.29, 1.82) is 0 Å². The number of carbonyl (C=O) groups is 1. The summed E-state index contributed by atoms with van der Waals surface area (Å²) in [6, 6.07) is 13.3. The Bertz CT molecular complexity index is 735. The molecule has 0 aliphatic heterocycles. The molecule has 4 nitrogen and oxygen atoms in total. The molecular formula is C15H12BrN3OS. The molecule has 0 spiro atoms. The molecule has 0 bridgehead atoms. The molecule has 1 N–H and O–H groups in total. The topological polar surface area (TPSA) is 46.9 Å². The number of aromatic nitrogens is 2. The predicted octanol–water partition coefficient (Wildman–Crippen LogP) is 4.01. The van der Waals surface area contributed by atoms with E-state index < -0.39 is 0 Å². The number of amides is 1. The number of anilines is 1. The highest BCUT2D eigenvalue weighted by atomic mass is 79.9. The molecule has 1 amide bonds. The Morgan fingerprint density at radius 3 is 2.67 bits per heavy atom. The summed E-state index contributed by atoms with van der Waals surface area (Å²) in [5, 5.41) is 7.05. The minimum absolute atomic E-state index is 0.0921. The van der Waals surface area contributed by atoms with Crippen LogP contribution in [0.1, 0.15) is 15.2 Å². The van der Waals surface area contributed by atoms with Gasteiger partial charge in [-0.2, -0.15) is 5.10 Å². The third kappa shape index (κ3) is 3.59. The standard InChI is InChI=1S/C15H12BrN3OS/c16-14-7-6-13(21-14)15(20)18-12-4-2-11(3-5-12)10-19-9-1-8-17-19/h1-9H,10H2,(H,18,20). The molecule has 21 heavy (non-hydrogen) atoms. The van der Waals surface area contributed by atoms with E-state index in [-0.39, 0.29) is 5.91 Å². The van der Waals surface area contributed by atoms with E-state index in [1.165, 1.54) is 11.3 Å². The minimum Gasteiger partial charge on any atom is -0.321 e. The zero-order chi connectivity index (χ0) is 14.7. The molecule has 106 valence electrons. The number of nitrogens with zero attached hydrogens (tertiary/aromatic N) is 2. The molecule has 3 rings (SSSR count). The number of thiophene rings is 1. The number of nitrogens with one attached hydrogen (secondary N) is 1. The van der Waals surface area contributed by atoms with Crippen molar-refractivity contribution in [3.8, 4) is 0 Å². The molecule has 6 heteroatoms. The van der Waals surface area contributed by atoms with Gasteiger partial charge in [-0.1, -0.05) is 12.1 Å². The normalized spacial score (nSPS) is 10.5. The van der Waals surface area contributed by atoms with E-state index in [1.807, 2.05) is 47.3 Å². The van der Waals surface area contributed by atoms with E-state index >= 15 is 0 Å². The molecule has 2 heterocycles. The van der Waals surface area contributed by atoms with Gasteiger partial charge in [-0.15, -0.1) is 11.3 Å². The van der Waals surface area contributed by atoms with Crippen LogP contribution in [0.2, 0.25) is 0 Å². The van der Waals surface area contributed by atoms with Crippen molar-refractivity contribution in [3.63, 3.8) is 0 Å². The molecule has 0 saturated heterocycles. The molecule has 0 aliphatic rings. The van der Waals surface area contributed by atoms with Crippen LogP contribution in [0.4, 0.5) is 5.69 Å². The fraction of sp³-hybridized carbons (Fsp3) is 0.0667. The van der Waals surface area contributed by atoms with Crippen LogP contribution in [0.25, 0.3) is 0 Å². The van der Waals surface area contributed by atoms with Crippen molar-refractivity contribution < 1.29 is 4.79 Å². The van der Waals surface area contributed by atoms with Gasteiger partial charge in [-0.25, -0.2) is 0 Å². The maximum Gasteiger partial charge on any atom is 0.265 e. The second kappa shape index (κ2) is 6.24. The zero-order valence-electron chi connectivity index (χ0n) is 11.0. The van der Waals surface area contributed by atoms with E-state index in [1.54, 1.807) is 12.3 Å². The maximum atomic E-state index is 12.0. The number of carbonyl (C=O) groups excluding carboxylic acids is 1. The summed E-state index contributed by atoms with van der Waals surface area (Å²) in [5.41, 5.74) is 1.92. The van der Waals surface area contributed by atoms with E-state index in [2.05, 4.69) is 26.3 Å². The highest BCUT2D eigenvalue weighted by Crippen LogP contribution is 2.23. The number of benzene rings is 1. The second-order valence-corrected chi connectivity index (χ2v) is 6.92. The van der Waals surface area contributed by atoms with Crippen LogP contribution in [0.3, 0.4) is 0 Å². The van der Waals surface area contributed by atoms with Crippen LogP contribution in [0, 0.1) is 0 Å². The zero-order valence-corrected chi connectivity index (χ0v) is 13.4. The minimum atomic E-state index is -0.0921. The van der Waals surface area contributed by atoms with Crippen LogP contribution in [0.15, 0.2) is 58.6 Å². The molecule has 2 aromatic heterocycles. The first-order chi connectivity index (χ1) is 10.2. The molecule has 0 saturated carbocycles. The lowest BCUT2D eigenvalue weighted by molar-refractivity contribution is 0.103. The quantitative estimate of drug-likeness (QED) is 0.762. The van der Waals surface area contributed by atoms with Gasteiger partial charge >= 0.3 is 0 Å². The summed E-state index contributed by atoms with van der Waals surface area (Å²) in [7, 11) is 0. The Balaban J connectivity index is 1.65. The van der Waals surface area contributed by atoms with Crippen LogP contribution in [-0.2, 0) is 6.54 Å². The molecule has 0 radical (unpaired) electrons. The number of halogens is 1. The summed E-state index contributed by atoms with van der Waals surface area (Å²) in [4.78, 5) is 12.7. The summed E-state index contributed by atoms with van der Waals surface area (Å²) in [5.74, 6) is -0.0921. The van der Waals surface area contributed by atoms with Gasteiger partial charge in [0, 0.05) is 18.1 Å². The number of hydrogen-bond acceptors (Lipinski definition) is 3. The van der Waals surface area contributed by atoms with Crippen molar-refractivity contribution >= 4 is 38.9 Å². The van der Waals surface area contributed by atoms with Crippen LogP contribution >= 0.6 is 27.3 Å².